The molecule has 0 saturated heterocycles. The molecule has 0 aliphatic heterocycles. The summed E-state index contributed by atoms with van der Waals surface area (Å²) >= 11 is 0. The number of carbonyl (C=O) groups is 2. The maximum Gasteiger partial charge on any atom is 0.313 e. The summed E-state index contributed by atoms with van der Waals surface area (Å²) in [6.45, 7) is 3.37. The molecule has 3 N–H and O–H groups in total. The van der Waals surface area contributed by atoms with Crippen molar-refractivity contribution in [2.45, 2.75) is 77.2 Å². The molecule has 4 aliphatic rings. The number of hydrogen-bond donors (Lipinski definition) is 3. The van der Waals surface area contributed by atoms with E-state index in [1.807, 2.05) is 0 Å². The third-order valence-corrected chi connectivity index (χ3v) is 9.38. The largest absolute Gasteiger partial charge is 0.481 e. The second-order valence-corrected chi connectivity index (χ2v) is 10.5. The Morgan fingerprint density at radius 2 is 1.86 bits per heavy atom. The van der Waals surface area contributed by atoms with Crippen molar-refractivity contribution >= 4 is 11.9 Å². The summed E-state index contributed by atoms with van der Waals surface area (Å²) in [7, 11) is 0. The van der Waals surface area contributed by atoms with Crippen LogP contribution >= 0.6 is 0 Å². The summed E-state index contributed by atoms with van der Waals surface area (Å²) in [4.78, 5) is 23.9. The highest BCUT2D eigenvalue weighted by Gasteiger charge is 2.69. The Bertz CT molecular complexity index is 678. The molecule has 0 unspecified atom stereocenters. The molecule has 0 amide bonds. The third kappa shape index (κ3) is 2.59. The molecule has 1 spiro atoms. The van der Waals surface area contributed by atoms with Crippen molar-refractivity contribution in [1.82, 2.24) is 0 Å². The summed E-state index contributed by atoms with van der Waals surface area (Å²) < 4.78 is 5.29. The fraction of sp³-hybridized carbons (Fsp3) is 0.909. The van der Waals surface area contributed by atoms with Crippen molar-refractivity contribution in [3.8, 4) is 0 Å². The van der Waals surface area contributed by atoms with E-state index in [0.717, 1.165) is 44.9 Å². The van der Waals surface area contributed by atoms with Gasteiger partial charge in [0.25, 0.3) is 0 Å². The van der Waals surface area contributed by atoms with Gasteiger partial charge in [-0.05, 0) is 80.0 Å². The highest BCUT2D eigenvalue weighted by molar-refractivity contribution is 5.76. The van der Waals surface area contributed by atoms with Crippen LogP contribution in [-0.2, 0) is 14.3 Å². The van der Waals surface area contributed by atoms with Crippen LogP contribution in [0.3, 0.4) is 0 Å². The highest BCUT2D eigenvalue weighted by Crippen LogP contribution is 2.72. The predicted octanol–water partition coefficient (Wildman–Crippen LogP) is 2.75. The molecule has 0 aromatic carbocycles. The van der Waals surface area contributed by atoms with Gasteiger partial charge in [0.2, 0.25) is 0 Å². The molecule has 4 aliphatic carbocycles. The van der Waals surface area contributed by atoms with Crippen molar-refractivity contribution in [3.05, 3.63) is 0 Å². The van der Waals surface area contributed by atoms with Crippen LogP contribution in [0.15, 0.2) is 0 Å². The Kier molecular flexibility index (Phi) is 4.63. The van der Waals surface area contributed by atoms with Gasteiger partial charge in [0.1, 0.15) is 12.0 Å². The van der Waals surface area contributed by atoms with Gasteiger partial charge in [-0.1, -0.05) is 13.3 Å². The Labute approximate surface area is 166 Å². The molecule has 158 valence electrons. The standard InChI is InChI=1S/C22H34O6/c1-14(24)28-13-21(18(25)26)8-3-7-19(2)16-5-4-15-10-20(16,9-6-17(19)21)11-22(15,27)12-23/h15-17,23,27H,3-13H2,1-2H3,(H,25,26)/t15-,16-,17-,19-,20-,21-,22+/m0/s1. The lowest BCUT2D eigenvalue weighted by atomic mass is 9.40. The van der Waals surface area contributed by atoms with Crippen LogP contribution in [0.25, 0.3) is 0 Å². The number of hydrogen-bond acceptors (Lipinski definition) is 5. The summed E-state index contributed by atoms with van der Waals surface area (Å²) in [6, 6.07) is 0. The maximum atomic E-state index is 12.5. The summed E-state index contributed by atoms with van der Waals surface area (Å²) in [5.41, 5.74) is -2.12. The molecule has 6 nitrogen and oxygen atoms in total. The molecule has 4 saturated carbocycles. The lowest BCUT2D eigenvalue weighted by molar-refractivity contribution is -0.196. The van der Waals surface area contributed by atoms with Gasteiger partial charge >= 0.3 is 11.9 Å². The van der Waals surface area contributed by atoms with E-state index >= 15 is 0 Å². The Morgan fingerprint density at radius 1 is 1.11 bits per heavy atom. The molecule has 28 heavy (non-hydrogen) atoms. The van der Waals surface area contributed by atoms with Crippen molar-refractivity contribution < 1.29 is 29.6 Å². The molecular weight excluding hydrogens is 360 g/mol. The molecule has 0 aromatic rings. The monoisotopic (exact) mass is 394 g/mol. The number of ether oxygens (including phenoxy) is 1. The molecule has 7 atom stereocenters. The number of aliphatic hydroxyl groups excluding tert-OH is 1. The Hall–Kier alpha value is -1.14. The van der Waals surface area contributed by atoms with E-state index in [2.05, 4.69) is 6.92 Å². The molecular formula is C22H34O6. The van der Waals surface area contributed by atoms with Crippen LogP contribution in [0.4, 0.5) is 0 Å². The zero-order valence-corrected chi connectivity index (χ0v) is 17.1. The fourth-order valence-electron chi connectivity index (χ4n) is 8.34. The molecule has 0 radical (unpaired) electrons. The first-order chi connectivity index (χ1) is 13.1. The van der Waals surface area contributed by atoms with Crippen molar-refractivity contribution in [2.75, 3.05) is 13.2 Å². The minimum atomic E-state index is -1.01. The summed E-state index contributed by atoms with van der Waals surface area (Å²) in [6.07, 6.45) is 7.51. The van der Waals surface area contributed by atoms with E-state index in [-0.39, 0.29) is 35.9 Å². The number of rotatable bonds is 4. The minimum absolute atomic E-state index is 0.00859. The van der Waals surface area contributed by atoms with E-state index < -0.39 is 23.0 Å². The van der Waals surface area contributed by atoms with Crippen molar-refractivity contribution in [1.29, 1.82) is 0 Å². The average molecular weight is 395 g/mol. The van der Waals surface area contributed by atoms with Gasteiger partial charge in [0.05, 0.1) is 12.2 Å². The molecule has 0 heterocycles. The number of esters is 1. The van der Waals surface area contributed by atoms with E-state index in [1.165, 1.54) is 6.92 Å². The van der Waals surface area contributed by atoms with E-state index in [4.69, 9.17) is 4.74 Å². The van der Waals surface area contributed by atoms with Crippen LogP contribution in [0.1, 0.15) is 71.6 Å². The fourth-order valence-corrected chi connectivity index (χ4v) is 8.34. The number of carbonyl (C=O) groups excluding carboxylic acids is 1. The zero-order valence-electron chi connectivity index (χ0n) is 17.1. The molecule has 4 rings (SSSR count). The topological polar surface area (TPSA) is 104 Å². The van der Waals surface area contributed by atoms with Gasteiger partial charge < -0.3 is 20.1 Å². The first-order valence-electron chi connectivity index (χ1n) is 10.8. The summed E-state index contributed by atoms with van der Waals surface area (Å²) in [5, 5.41) is 31.1. The van der Waals surface area contributed by atoms with E-state index in [9.17, 15) is 24.9 Å². The Morgan fingerprint density at radius 3 is 2.50 bits per heavy atom. The highest BCUT2D eigenvalue weighted by atomic mass is 16.5. The SMILES string of the molecule is CC(=O)OC[C@@]1(C(=O)O)CCC[C@@]2(C)[C@@H]3CC[C@H]4C[C@@]3(CC[C@H]12)C[C@@]4(O)CO. The zero-order chi connectivity index (χ0) is 20.4. The number of fused-ring (bicyclic) bond motifs is 3. The number of carboxylic acid groups (broad SMARTS) is 1. The molecule has 6 heteroatoms. The first kappa shape index (κ1) is 20.1. The second-order valence-electron chi connectivity index (χ2n) is 10.5. The maximum absolute atomic E-state index is 12.5. The van der Waals surface area contributed by atoms with Gasteiger partial charge in [-0.3, -0.25) is 9.59 Å². The van der Waals surface area contributed by atoms with Crippen LogP contribution in [0.2, 0.25) is 0 Å². The van der Waals surface area contributed by atoms with Gasteiger partial charge in [0, 0.05) is 6.92 Å². The summed E-state index contributed by atoms with van der Waals surface area (Å²) in [5.74, 6) is -0.785. The van der Waals surface area contributed by atoms with Gasteiger partial charge in [-0.25, -0.2) is 0 Å². The number of aliphatic carboxylic acids is 1. The quantitative estimate of drug-likeness (QED) is 0.634. The smallest absolute Gasteiger partial charge is 0.313 e. The molecule has 0 aromatic heterocycles. The average Bonchev–Trinajstić information content (AvgIpc) is 2.85. The van der Waals surface area contributed by atoms with Crippen LogP contribution in [0, 0.1) is 34.0 Å². The predicted molar refractivity (Wildman–Crippen MR) is 101 cm³/mol. The van der Waals surface area contributed by atoms with Crippen molar-refractivity contribution in [3.63, 3.8) is 0 Å². The van der Waals surface area contributed by atoms with Crippen LogP contribution in [0.5, 0.6) is 0 Å². The van der Waals surface area contributed by atoms with E-state index in [1.54, 1.807) is 0 Å². The van der Waals surface area contributed by atoms with Crippen molar-refractivity contribution in [2.24, 2.45) is 34.0 Å². The molecule has 2 bridgehead atoms. The van der Waals surface area contributed by atoms with Gasteiger partial charge in [-0.2, -0.15) is 0 Å². The number of aliphatic hydroxyl groups is 2. The van der Waals surface area contributed by atoms with Gasteiger partial charge in [0.15, 0.2) is 0 Å². The van der Waals surface area contributed by atoms with Crippen LogP contribution in [-0.4, -0.2) is 46.1 Å². The Balaban J connectivity index is 1.70. The third-order valence-electron chi connectivity index (χ3n) is 9.38. The van der Waals surface area contributed by atoms with E-state index in [0.29, 0.717) is 18.8 Å². The lowest BCUT2D eigenvalue weighted by Gasteiger charge is -2.63. The van der Waals surface area contributed by atoms with Gasteiger partial charge in [-0.15, -0.1) is 0 Å². The lowest BCUT2D eigenvalue weighted by Crippen LogP contribution is -2.60. The van der Waals surface area contributed by atoms with Crippen LogP contribution < -0.4 is 0 Å². The normalized spacial score (nSPS) is 49.8. The minimum Gasteiger partial charge on any atom is -0.481 e. The number of carboxylic acids is 1. The first-order valence-corrected chi connectivity index (χ1v) is 10.8. The molecule has 4 fully saturated rings. The second kappa shape index (κ2) is 6.43.